The lowest BCUT2D eigenvalue weighted by Crippen LogP contribution is -2.28. The fraction of sp³-hybridized carbons (Fsp3) is 0.440. The van der Waals surface area contributed by atoms with E-state index in [9.17, 15) is 9.90 Å². The van der Waals surface area contributed by atoms with Crippen LogP contribution < -0.4 is 0 Å². The van der Waals surface area contributed by atoms with Crippen molar-refractivity contribution in [2.75, 3.05) is 0 Å². The summed E-state index contributed by atoms with van der Waals surface area (Å²) in [6.45, 7) is 6.51. The first-order valence-electron chi connectivity index (χ1n) is 11.0. The molecule has 6 nitrogen and oxygen atoms in total. The highest BCUT2D eigenvalue weighted by atomic mass is 32.1. The van der Waals surface area contributed by atoms with Crippen LogP contribution in [-0.2, 0) is 22.7 Å². The number of ether oxygens (including phenoxy) is 2. The third kappa shape index (κ3) is 5.28. The Morgan fingerprint density at radius 3 is 2.56 bits per heavy atom. The van der Waals surface area contributed by atoms with E-state index in [-0.39, 0.29) is 12.2 Å². The first kappa shape index (κ1) is 22.7. The van der Waals surface area contributed by atoms with Gasteiger partial charge in [0.2, 0.25) is 5.89 Å². The number of carboxylic acids is 1. The lowest BCUT2D eigenvalue weighted by molar-refractivity contribution is -0.0564. The number of nitrogens with zero attached hydrogens (tertiary/aromatic N) is 1. The summed E-state index contributed by atoms with van der Waals surface area (Å²) in [5, 5.41) is 9.51. The first-order chi connectivity index (χ1) is 15.4. The minimum Gasteiger partial charge on any atom is -0.478 e. The molecule has 0 amide bonds. The summed E-state index contributed by atoms with van der Waals surface area (Å²) in [5.41, 5.74) is 2.65. The van der Waals surface area contributed by atoms with Gasteiger partial charge in [-0.2, -0.15) is 0 Å². The number of oxazole rings is 1. The van der Waals surface area contributed by atoms with E-state index in [1.807, 2.05) is 38.1 Å². The monoisotopic (exact) mass is 455 g/mol. The van der Waals surface area contributed by atoms with Crippen LogP contribution in [0.3, 0.4) is 0 Å². The molecule has 1 aliphatic rings. The number of carbonyl (C=O) groups is 1. The molecule has 1 N–H and O–H groups in total. The van der Waals surface area contributed by atoms with E-state index in [1.165, 1.54) is 4.88 Å². The van der Waals surface area contributed by atoms with Crippen molar-refractivity contribution in [3.05, 3.63) is 63.4 Å². The molecule has 0 bridgehead atoms. The molecule has 3 aromatic rings. The number of aromatic carboxylic acids is 1. The molecule has 170 valence electrons. The molecule has 1 aromatic carbocycles. The van der Waals surface area contributed by atoms with Gasteiger partial charge in [0, 0.05) is 4.88 Å². The van der Waals surface area contributed by atoms with E-state index in [2.05, 4.69) is 18.0 Å². The number of rotatable bonds is 8. The summed E-state index contributed by atoms with van der Waals surface area (Å²) in [6, 6.07) is 9.61. The van der Waals surface area contributed by atoms with Gasteiger partial charge in [0.1, 0.15) is 11.5 Å². The zero-order valence-corrected chi connectivity index (χ0v) is 19.5. The van der Waals surface area contributed by atoms with Gasteiger partial charge in [-0.3, -0.25) is 0 Å². The maximum Gasteiger partial charge on any atom is 0.336 e. The van der Waals surface area contributed by atoms with Crippen molar-refractivity contribution in [1.29, 1.82) is 0 Å². The molecule has 0 saturated heterocycles. The van der Waals surface area contributed by atoms with Gasteiger partial charge in [-0.15, -0.1) is 11.3 Å². The zero-order chi connectivity index (χ0) is 22.7. The Balaban J connectivity index is 1.32. The van der Waals surface area contributed by atoms with Crippen molar-refractivity contribution in [3.8, 4) is 10.8 Å². The summed E-state index contributed by atoms with van der Waals surface area (Å²) in [4.78, 5) is 18.5. The van der Waals surface area contributed by atoms with Gasteiger partial charge in [0.05, 0.1) is 35.9 Å². The molecule has 1 aliphatic carbocycles. The normalized spacial score (nSPS) is 18.7. The van der Waals surface area contributed by atoms with E-state index in [0.717, 1.165) is 53.1 Å². The smallest absolute Gasteiger partial charge is 0.336 e. The van der Waals surface area contributed by atoms with Crippen LogP contribution in [0.1, 0.15) is 63.5 Å². The summed E-state index contributed by atoms with van der Waals surface area (Å²) >= 11 is 1.67. The third-order valence-corrected chi connectivity index (χ3v) is 6.91. The van der Waals surface area contributed by atoms with Crippen LogP contribution >= 0.6 is 11.3 Å². The lowest BCUT2D eigenvalue weighted by atomic mass is 9.94. The molecule has 1 saturated carbocycles. The summed E-state index contributed by atoms with van der Waals surface area (Å²) in [7, 11) is 0. The Labute approximate surface area is 192 Å². The average molecular weight is 456 g/mol. The first-order valence-corrected chi connectivity index (χ1v) is 11.8. The molecule has 1 fully saturated rings. The van der Waals surface area contributed by atoms with Gasteiger partial charge >= 0.3 is 5.97 Å². The molecule has 7 heteroatoms. The Morgan fingerprint density at radius 1 is 1.12 bits per heavy atom. The zero-order valence-electron chi connectivity index (χ0n) is 18.7. The van der Waals surface area contributed by atoms with Crippen LogP contribution in [0, 0.1) is 20.8 Å². The molecular formula is C25H29NO5S. The number of carboxylic acid groups (broad SMARTS) is 1. The van der Waals surface area contributed by atoms with Crippen molar-refractivity contribution in [2.45, 2.75) is 71.9 Å². The summed E-state index contributed by atoms with van der Waals surface area (Å²) < 4.78 is 18.1. The maximum atomic E-state index is 11.6. The second kappa shape index (κ2) is 9.98. The number of hydrogen-bond acceptors (Lipinski definition) is 6. The maximum absolute atomic E-state index is 11.6. The number of hydrogen-bond donors (Lipinski definition) is 1. The topological polar surface area (TPSA) is 81.8 Å². The SMILES string of the molecule is Cc1ccc(-c2nc(COC3CCCC(OCc4cccc(C)c4C(=O)O)C3)c(C)o2)s1. The van der Waals surface area contributed by atoms with E-state index >= 15 is 0 Å². The van der Waals surface area contributed by atoms with Crippen molar-refractivity contribution >= 4 is 17.3 Å². The van der Waals surface area contributed by atoms with Gasteiger partial charge in [0.15, 0.2) is 0 Å². The van der Waals surface area contributed by atoms with Gasteiger partial charge in [-0.05, 0) is 69.7 Å². The summed E-state index contributed by atoms with van der Waals surface area (Å²) in [6.07, 6.45) is 3.90. The molecule has 2 atom stereocenters. The highest BCUT2D eigenvalue weighted by Gasteiger charge is 2.25. The van der Waals surface area contributed by atoms with Gasteiger partial charge in [-0.25, -0.2) is 9.78 Å². The predicted octanol–water partition coefficient (Wildman–Crippen LogP) is 6.07. The van der Waals surface area contributed by atoms with E-state index in [4.69, 9.17) is 13.9 Å². The van der Waals surface area contributed by atoms with Gasteiger partial charge in [-0.1, -0.05) is 18.2 Å². The highest BCUT2D eigenvalue weighted by Crippen LogP contribution is 2.30. The van der Waals surface area contributed by atoms with Crippen LogP contribution in [0.2, 0.25) is 0 Å². The second-order valence-corrected chi connectivity index (χ2v) is 9.67. The molecular weight excluding hydrogens is 426 g/mol. The minimum atomic E-state index is -0.911. The highest BCUT2D eigenvalue weighted by molar-refractivity contribution is 7.15. The number of thiophene rings is 1. The predicted molar refractivity (Wildman–Crippen MR) is 123 cm³/mol. The molecule has 4 rings (SSSR count). The number of aromatic nitrogens is 1. The molecule has 32 heavy (non-hydrogen) atoms. The van der Waals surface area contributed by atoms with Crippen LogP contribution in [0.5, 0.6) is 0 Å². The van der Waals surface area contributed by atoms with Crippen LogP contribution in [0.4, 0.5) is 0 Å². The molecule has 0 radical (unpaired) electrons. The van der Waals surface area contributed by atoms with Crippen molar-refractivity contribution in [1.82, 2.24) is 4.98 Å². The van der Waals surface area contributed by atoms with E-state index in [0.29, 0.717) is 24.7 Å². The van der Waals surface area contributed by atoms with E-state index in [1.54, 1.807) is 11.3 Å². The Bertz CT molecular complexity index is 1090. The van der Waals surface area contributed by atoms with Gasteiger partial charge < -0.3 is 19.0 Å². The fourth-order valence-corrected chi connectivity index (χ4v) is 4.97. The van der Waals surface area contributed by atoms with Crippen LogP contribution in [0.25, 0.3) is 10.8 Å². The average Bonchev–Trinajstić information content (AvgIpc) is 3.36. The minimum absolute atomic E-state index is 0.0546. The van der Waals surface area contributed by atoms with E-state index < -0.39 is 5.97 Å². The number of aryl methyl sites for hydroxylation is 3. The summed E-state index contributed by atoms with van der Waals surface area (Å²) in [5.74, 6) is 0.526. The van der Waals surface area contributed by atoms with Crippen LogP contribution in [0.15, 0.2) is 34.7 Å². The van der Waals surface area contributed by atoms with Crippen molar-refractivity contribution < 1.29 is 23.8 Å². The Morgan fingerprint density at radius 2 is 1.88 bits per heavy atom. The van der Waals surface area contributed by atoms with Crippen LogP contribution in [-0.4, -0.2) is 28.3 Å². The third-order valence-electron chi connectivity index (χ3n) is 5.93. The van der Waals surface area contributed by atoms with Gasteiger partial charge in [0.25, 0.3) is 0 Å². The molecule has 0 spiro atoms. The Kier molecular flexibility index (Phi) is 7.08. The second-order valence-electron chi connectivity index (χ2n) is 8.38. The molecule has 2 unspecified atom stereocenters. The van der Waals surface area contributed by atoms with Crippen molar-refractivity contribution in [2.24, 2.45) is 0 Å². The van der Waals surface area contributed by atoms with Crippen molar-refractivity contribution in [3.63, 3.8) is 0 Å². The Hall–Kier alpha value is -2.48. The lowest BCUT2D eigenvalue weighted by Gasteiger charge is -2.29. The molecule has 0 aliphatic heterocycles. The quantitative estimate of drug-likeness (QED) is 0.444. The largest absolute Gasteiger partial charge is 0.478 e. The number of benzene rings is 1. The molecule has 2 aromatic heterocycles. The molecule has 2 heterocycles. The fourth-order valence-electron chi connectivity index (χ4n) is 4.18. The standard InChI is InChI=1S/C25H29NO5S/c1-15-6-4-7-18(23(15)25(27)28)13-29-19-8-5-9-20(12-19)30-14-21-17(3)31-24(26-21)22-11-10-16(2)32-22/h4,6-7,10-11,19-20H,5,8-9,12-14H2,1-3H3,(H,27,28).